The van der Waals surface area contributed by atoms with Gasteiger partial charge >= 0.3 is 0 Å². The summed E-state index contributed by atoms with van der Waals surface area (Å²) in [5, 5.41) is 8.27. The van der Waals surface area contributed by atoms with Crippen LogP contribution in [0.15, 0.2) is 42.5 Å². The molecule has 2 aromatic rings. The summed E-state index contributed by atoms with van der Waals surface area (Å²) in [5.74, 6) is 0.213. The van der Waals surface area contributed by atoms with Gasteiger partial charge in [0.2, 0.25) is 5.91 Å². The Morgan fingerprint density at radius 2 is 1.72 bits per heavy atom. The number of ether oxygens (including phenoxy) is 3. The Labute approximate surface area is 186 Å². The molecule has 1 atom stereocenters. The standard InChI is InChI=1S/C23H27N3O6/c1-30-17-9-10-18(20(14-17)31-2)22(28)26-16-7-5-15(6-8-16)21(27)24-11-12-25-23(29)19-4-3-13-32-19/h5-10,14,19H,3-4,11-13H2,1-2H3,(H,24,27)(H,25,29)(H,26,28). The molecule has 3 N–H and O–H groups in total. The maximum Gasteiger partial charge on any atom is 0.259 e. The number of benzene rings is 2. The molecule has 32 heavy (non-hydrogen) atoms. The summed E-state index contributed by atoms with van der Waals surface area (Å²) >= 11 is 0. The average molecular weight is 441 g/mol. The van der Waals surface area contributed by atoms with Crippen LogP contribution in [0.3, 0.4) is 0 Å². The van der Waals surface area contributed by atoms with Gasteiger partial charge in [0, 0.05) is 37.0 Å². The number of amides is 3. The van der Waals surface area contributed by atoms with E-state index >= 15 is 0 Å². The van der Waals surface area contributed by atoms with Crippen molar-refractivity contribution in [3.8, 4) is 11.5 Å². The Morgan fingerprint density at radius 1 is 0.969 bits per heavy atom. The fraction of sp³-hybridized carbons (Fsp3) is 0.348. The lowest BCUT2D eigenvalue weighted by molar-refractivity contribution is -0.129. The minimum atomic E-state index is -0.383. The lowest BCUT2D eigenvalue weighted by Gasteiger charge is -2.12. The SMILES string of the molecule is COc1ccc(C(=O)Nc2ccc(C(=O)NCCNC(=O)C3CCCO3)cc2)c(OC)c1. The molecule has 1 heterocycles. The summed E-state index contributed by atoms with van der Waals surface area (Å²) in [6.45, 7) is 1.23. The van der Waals surface area contributed by atoms with Crippen LogP contribution in [0.5, 0.6) is 11.5 Å². The monoisotopic (exact) mass is 441 g/mol. The van der Waals surface area contributed by atoms with Gasteiger partial charge in [0.25, 0.3) is 11.8 Å². The van der Waals surface area contributed by atoms with Crippen molar-refractivity contribution < 1.29 is 28.6 Å². The lowest BCUT2D eigenvalue weighted by Crippen LogP contribution is -2.39. The number of rotatable bonds is 9. The van der Waals surface area contributed by atoms with Gasteiger partial charge in [0.15, 0.2) is 0 Å². The molecule has 0 radical (unpaired) electrons. The van der Waals surface area contributed by atoms with Crippen LogP contribution in [-0.4, -0.2) is 57.7 Å². The third-order valence-corrected chi connectivity index (χ3v) is 4.99. The van der Waals surface area contributed by atoms with E-state index in [4.69, 9.17) is 14.2 Å². The Morgan fingerprint density at radius 3 is 2.38 bits per heavy atom. The molecule has 3 amide bonds. The molecule has 1 saturated heterocycles. The molecule has 3 rings (SSSR count). The lowest BCUT2D eigenvalue weighted by atomic mass is 10.1. The smallest absolute Gasteiger partial charge is 0.259 e. The Bertz CT molecular complexity index is 955. The molecule has 2 aromatic carbocycles. The van der Waals surface area contributed by atoms with Gasteiger partial charge in [0.05, 0.1) is 19.8 Å². The zero-order valence-electron chi connectivity index (χ0n) is 18.1. The van der Waals surface area contributed by atoms with Gasteiger partial charge in [-0.2, -0.15) is 0 Å². The summed E-state index contributed by atoms with van der Waals surface area (Å²) in [7, 11) is 3.01. The predicted molar refractivity (Wildman–Crippen MR) is 118 cm³/mol. The molecule has 0 aromatic heterocycles. The highest BCUT2D eigenvalue weighted by Crippen LogP contribution is 2.25. The third kappa shape index (κ3) is 5.98. The number of carbonyl (C=O) groups is 3. The van der Waals surface area contributed by atoms with Gasteiger partial charge in [-0.05, 0) is 49.2 Å². The van der Waals surface area contributed by atoms with E-state index in [1.165, 1.54) is 14.2 Å². The molecule has 0 spiro atoms. The highest BCUT2D eigenvalue weighted by atomic mass is 16.5. The van der Waals surface area contributed by atoms with Gasteiger partial charge in [-0.3, -0.25) is 14.4 Å². The van der Waals surface area contributed by atoms with Crippen LogP contribution in [0.2, 0.25) is 0 Å². The first kappa shape index (κ1) is 23.1. The molecule has 0 saturated carbocycles. The van der Waals surface area contributed by atoms with E-state index in [1.807, 2.05) is 0 Å². The fourth-order valence-electron chi connectivity index (χ4n) is 3.25. The molecular formula is C23H27N3O6. The number of carbonyl (C=O) groups excluding carboxylic acids is 3. The first-order chi connectivity index (χ1) is 15.5. The summed E-state index contributed by atoms with van der Waals surface area (Å²) < 4.78 is 15.7. The number of hydrogen-bond acceptors (Lipinski definition) is 6. The molecule has 0 aliphatic carbocycles. The summed E-state index contributed by atoms with van der Waals surface area (Å²) in [6.07, 6.45) is 1.23. The Kier molecular flexibility index (Phi) is 8.04. The zero-order chi connectivity index (χ0) is 22.9. The summed E-state index contributed by atoms with van der Waals surface area (Å²) in [4.78, 5) is 36.7. The van der Waals surface area contributed by atoms with Crippen molar-refractivity contribution in [2.45, 2.75) is 18.9 Å². The molecule has 170 valence electrons. The largest absolute Gasteiger partial charge is 0.497 e. The molecule has 9 heteroatoms. The third-order valence-electron chi connectivity index (χ3n) is 4.99. The van der Waals surface area contributed by atoms with E-state index in [-0.39, 0.29) is 23.8 Å². The Hall–Kier alpha value is -3.59. The van der Waals surface area contributed by atoms with Crippen LogP contribution in [0.25, 0.3) is 0 Å². The molecule has 1 fully saturated rings. The average Bonchev–Trinajstić information content (AvgIpc) is 3.36. The number of methoxy groups -OCH3 is 2. The topological polar surface area (TPSA) is 115 Å². The van der Waals surface area contributed by atoms with Crippen molar-refractivity contribution in [2.75, 3.05) is 39.2 Å². The molecule has 1 unspecified atom stereocenters. The molecule has 9 nitrogen and oxygen atoms in total. The zero-order valence-corrected chi connectivity index (χ0v) is 18.1. The highest BCUT2D eigenvalue weighted by molar-refractivity contribution is 6.06. The van der Waals surface area contributed by atoms with Crippen molar-refractivity contribution in [2.24, 2.45) is 0 Å². The van der Waals surface area contributed by atoms with Crippen LogP contribution in [0, 0.1) is 0 Å². The van der Waals surface area contributed by atoms with Crippen molar-refractivity contribution in [3.05, 3.63) is 53.6 Å². The number of nitrogens with one attached hydrogen (secondary N) is 3. The first-order valence-electron chi connectivity index (χ1n) is 10.3. The van der Waals surface area contributed by atoms with E-state index < -0.39 is 0 Å². The van der Waals surface area contributed by atoms with E-state index in [1.54, 1.807) is 42.5 Å². The van der Waals surface area contributed by atoms with Gasteiger partial charge in [-0.1, -0.05) is 0 Å². The minimum absolute atomic E-state index is 0.148. The number of hydrogen-bond donors (Lipinski definition) is 3. The number of anilines is 1. The van der Waals surface area contributed by atoms with Crippen LogP contribution >= 0.6 is 0 Å². The second-order valence-electron chi connectivity index (χ2n) is 7.15. The quantitative estimate of drug-likeness (QED) is 0.513. The maximum absolute atomic E-state index is 12.6. The first-order valence-corrected chi connectivity index (χ1v) is 10.3. The van der Waals surface area contributed by atoms with Crippen LogP contribution < -0.4 is 25.4 Å². The maximum atomic E-state index is 12.6. The molecular weight excluding hydrogens is 414 g/mol. The Balaban J connectivity index is 1.48. The van der Waals surface area contributed by atoms with Gasteiger partial charge in [-0.25, -0.2) is 0 Å². The van der Waals surface area contributed by atoms with Crippen molar-refractivity contribution in [3.63, 3.8) is 0 Å². The van der Waals surface area contributed by atoms with E-state index in [0.29, 0.717) is 48.0 Å². The predicted octanol–water partition coefficient (Wildman–Crippen LogP) is 1.98. The van der Waals surface area contributed by atoms with Crippen molar-refractivity contribution >= 4 is 23.4 Å². The van der Waals surface area contributed by atoms with Crippen LogP contribution in [0.4, 0.5) is 5.69 Å². The van der Waals surface area contributed by atoms with Crippen molar-refractivity contribution in [1.29, 1.82) is 0 Å². The summed E-state index contributed by atoms with van der Waals surface area (Å²) in [5.41, 5.74) is 1.34. The highest BCUT2D eigenvalue weighted by Gasteiger charge is 2.22. The normalized spacial score (nSPS) is 15.0. The van der Waals surface area contributed by atoms with Gasteiger partial charge in [0.1, 0.15) is 17.6 Å². The van der Waals surface area contributed by atoms with E-state index in [0.717, 1.165) is 12.8 Å². The van der Waals surface area contributed by atoms with Crippen molar-refractivity contribution in [1.82, 2.24) is 10.6 Å². The van der Waals surface area contributed by atoms with Crippen LogP contribution in [0.1, 0.15) is 33.6 Å². The van der Waals surface area contributed by atoms with E-state index in [2.05, 4.69) is 16.0 Å². The minimum Gasteiger partial charge on any atom is -0.497 e. The van der Waals surface area contributed by atoms with E-state index in [9.17, 15) is 14.4 Å². The van der Waals surface area contributed by atoms with Gasteiger partial charge in [-0.15, -0.1) is 0 Å². The van der Waals surface area contributed by atoms with Crippen LogP contribution in [-0.2, 0) is 9.53 Å². The molecule has 1 aliphatic rings. The second-order valence-corrected chi connectivity index (χ2v) is 7.15. The van der Waals surface area contributed by atoms with Gasteiger partial charge < -0.3 is 30.2 Å². The second kappa shape index (κ2) is 11.1. The molecule has 1 aliphatic heterocycles. The molecule has 0 bridgehead atoms. The summed E-state index contributed by atoms with van der Waals surface area (Å²) in [6, 6.07) is 11.4. The fourth-order valence-corrected chi connectivity index (χ4v) is 3.25.